The third-order valence-corrected chi connectivity index (χ3v) is 14.2. The van der Waals surface area contributed by atoms with Gasteiger partial charge in [-0.3, -0.25) is 32.7 Å². The van der Waals surface area contributed by atoms with Crippen molar-refractivity contribution in [1.82, 2.24) is 23.6 Å². The molecule has 91 heavy (non-hydrogen) atoms. The summed E-state index contributed by atoms with van der Waals surface area (Å²) < 4.78 is 163. The molecule has 0 radical (unpaired) electrons. The van der Waals surface area contributed by atoms with E-state index >= 15 is 13.2 Å². The van der Waals surface area contributed by atoms with Gasteiger partial charge in [0.2, 0.25) is 0 Å². The van der Waals surface area contributed by atoms with E-state index in [1.807, 2.05) is 4.93 Å². The summed E-state index contributed by atoms with van der Waals surface area (Å²) in [5.74, 6) is -5.02. The van der Waals surface area contributed by atoms with E-state index in [0.717, 1.165) is 42.5 Å². The summed E-state index contributed by atoms with van der Waals surface area (Å²) in [7, 11) is 2.45. The van der Waals surface area contributed by atoms with Gasteiger partial charge in [0.25, 0.3) is 11.1 Å². The SMILES string of the molecule is CCOC(=O)CCCN[C@@H](Cn1c(=O)c(-c2cccc(OC)c2F)c(C)n(Cc2c(F)cccc2C(F)(F)F)c1=O)c1ccccc1.CI.COc1cccc(-c2c(C)n(Cc3c(F)cccc3C(F)(F)F)c(=O)n(C[C@H](N)c3ccccc3)c2=O)c1F.ICI. The number of esters is 1. The van der Waals surface area contributed by atoms with Gasteiger partial charge in [0.1, 0.15) is 11.6 Å². The van der Waals surface area contributed by atoms with E-state index in [2.05, 4.69) is 73.1 Å². The van der Waals surface area contributed by atoms with Crippen LogP contribution in [0, 0.1) is 37.1 Å². The molecule has 14 nitrogen and oxygen atoms in total. The smallest absolute Gasteiger partial charge is 0.416 e. The number of aromatic nitrogens is 4. The highest BCUT2D eigenvalue weighted by Crippen LogP contribution is 2.37. The first-order valence-electron chi connectivity index (χ1n) is 27.5. The maximum atomic E-state index is 15.6. The number of alkyl halides is 9. The standard InChI is InChI=1S/C34H34F5N3O5.C28H24F5N3O3.CH2I2.CH3I/c1-4-47-29(43)17-10-18-40-27(22-11-6-5-7-12-22)20-42-32(44)30(23-13-8-16-28(46-3)31(23)36)21(2)41(33(42)45)19-24-25(34(37,38)39)14-9-15-26(24)35;1-16-24(18-10-6-13-23(39-2)25(18)30)26(37)36(15-22(34)17-8-4-3-5-9-17)27(38)35(16)14-19-20(28(31,32)33)11-7-12-21(19)29;2-1-3;1-2/h5-9,11-16,27,40H,4,10,17-20H2,1-3H3;3-13,22H,14-15,34H2,1-2H3;1H2;1H3/t27-;22-;;/m00../s1. The zero-order chi connectivity index (χ0) is 67.5. The second-order valence-corrected chi connectivity index (χ2v) is 24.0. The summed E-state index contributed by atoms with van der Waals surface area (Å²) in [5.41, 5.74) is -1.95. The number of methoxy groups -OCH3 is 2. The van der Waals surface area contributed by atoms with Gasteiger partial charge in [-0.1, -0.05) is 165 Å². The Labute approximate surface area is 557 Å². The van der Waals surface area contributed by atoms with E-state index in [1.165, 1.54) is 66.9 Å². The van der Waals surface area contributed by atoms with Crippen molar-refractivity contribution in [1.29, 1.82) is 0 Å². The van der Waals surface area contributed by atoms with Crippen molar-refractivity contribution in [3.8, 4) is 33.8 Å². The van der Waals surface area contributed by atoms with Gasteiger partial charge in [0.15, 0.2) is 23.1 Å². The number of hydrogen-bond donors (Lipinski definition) is 2. The molecule has 0 aliphatic rings. The number of carbonyl (C=O) groups is 1. The molecule has 2 atom stereocenters. The fraction of sp³-hybridized carbons (Fsp3) is 0.297. The highest BCUT2D eigenvalue weighted by molar-refractivity contribution is 14.2. The van der Waals surface area contributed by atoms with Crippen molar-refractivity contribution in [3.05, 3.63) is 243 Å². The maximum absolute atomic E-state index is 15.6. The first kappa shape index (κ1) is 74.9. The van der Waals surface area contributed by atoms with Crippen LogP contribution in [0.25, 0.3) is 22.3 Å². The number of nitrogens with two attached hydrogens (primary N) is 1. The Morgan fingerprint density at radius 2 is 0.967 bits per heavy atom. The Morgan fingerprint density at radius 1 is 0.571 bits per heavy atom. The molecule has 0 spiro atoms. The molecule has 6 aromatic carbocycles. The van der Waals surface area contributed by atoms with Crippen molar-refractivity contribution in [2.45, 2.75) is 84.2 Å². The van der Waals surface area contributed by atoms with E-state index in [1.54, 1.807) is 67.6 Å². The highest BCUT2D eigenvalue weighted by Gasteiger charge is 2.37. The first-order chi connectivity index (χ1) is 43.2. The Hall–Kier alpha value is -6.84. The van der Waals surface area contributed by atoms with E-state index in [4.69, 9.17) is 19.9 Å². The second kappa shape index (κ2) is 34.7. The van der Waals surface area contributed by atoms with Crippen molar-refractivity contribution < 1.29 is 62.9 Å². The van der Waals surface area contributed by atoms with Crippen LogP contribution in [-0.2, 0) is 48.1 Å². The third-order valence-electron chi connectivity index (χ3n) is 14.2. The van der Waals surface area contributed by atoms with Crippen LogP contribution >= 0.6 is 67.8 Å². The monoisotopic (exact) mass is 1610 g/mol. The van der Waals surface area contributed by atoms with Gasteiger partial charge in [-0.05, 0) is 86.2 Å². The molecule has 2 aromatic heterocycles. The first-order valence-corrected chi connectivity index (χ1v) is 32.7. The van der Waals surface area contributed by atoms with Gasteiger partial charge in [-0.2, -0.15) is 26.3 Å². The van der Waals surface area contributed by atoms with Gasteiger partial charge >= 0.3 is 29.7 Å². The van der Waals surface area contributed by atoms with Crippen LogP contribution in [0.1, 0.15) is 76.6 Å². The molecule has 0 amide bonds. The molecule has 8 aromatic rings. The van der Waals surface area contributed by atoms with E-state index in [-0.39, 0.29) is 83.8 Å². The van der Waals surface area contributed by atoms with Crippen molar-refractivity contribution in [2.75, 3.05) is 34.7 Å². The van der Waals surface area contributed by atoms with E-state index in [0.29, 0.717) is 29.7 Å². The van der Waals surface area contributed by atoms with Gasteiger partial charge in [-0.15, -0.1) is 0 Å². The molecular weight excluding hydrogens is 1550 g/mol. The topological polar surface area (TPSA) is 171 Å². The fourth-order valence-corrected chi connectivity index (χ4v) is 9.83. The summed E-state index contributed by atoms with van der Waals surface area (Å²) in [4.78, 5) is 69.2. The number of halogens is 13. The number of rotatable bonds is 20. The summed E-state index contributed by atoms with van der Waals surface area (Å²) in [6.07, 6.45) is -9.39. The molecule has 488 valence electrons. The normalized spacial score (nSPS) is 11.9. The lowest BCUT2D eigenvalue weighted by atomic mass is 10.0. The quantitative estimate of drug-likeness (QED) is 0.0246. The zero-order valence-electron chi connectivity index (χ0n) is 49.8. The molecule has 0 aliphatic carbocycles. The average Bonchev–Trinajstić information content (AvgIpc) is 0.778. The average molecular weight is 1610 g/mol. The van der Waals surface area contributed by atoms with Crippen molar-refractivity contribution >= 4 is 73.7 Å². The lowest BCUT2D eigenvalue weighted by molar-refractivity contribution is -0.143. The fourth-order valence-electron chi connectivity index (χ4n) is 9.83. The van der Waals surface area contributed by atoms with Crippen LogP contribution in [0.3, 0.4) is 0 Å². The molecule has 8 rings (SSSR count). The number of carbonyl (C=O) groups excluding carboxylic acids is 1. The molecule has 0 fully saturated rings. The van der Waals surface area contributed by atoms with Gasteiger partial charge in [-0.25, -0.2) is 27.2 Å². The van der Waals surface area contributed by atoms with E-state index < -0.39 is 106 Å². The Morgan fingerprint density at radius 3 is 1.36 bits per heavy atom. The van der Waals surface area contributed by atoms with Crippen LogP contribution in [0.15, 0.2) is 153 Å². The maximum Gasteiger partial charge on any atom is 0.416 e. The van der Waals surface area contributed by atoms with Gasteiger partial charge in [0.05, 0.1) is 77.7 Å². The van der Waals surface area contributed by atoms with Crippen LogP contribution in [-0.4, -0.2) is 59.0 Å². The molecule has 27 heteroatoms. The molecule has 3 N–H and O–H groups in total. The summed E-state index contributed by atoms with van der Waals surface area (Å²) in [6.45, 7) is 2.30. The second-order valence-electron chi connectivity index (χ2n) is 19.6. The molecule has 0 aliphatic heterocycles. The molecule has 0 saturated heterocycles. The summed E-state index contributed by atoms with van der Waals surface area (Å²) >= 11 is 6.70. The Balaban J connectivity index is 0.000000313. The zero-order valence-corrected chi connectivity index (χ0v) is 56.2. The van der Waals surface area contributed by atoms with Crippen LogP contribution in [0.2, 0.25) is 0 Å². The highest BCUT2D eigenvalue weighted by atomic mass is 127. The largest absolute Gasteiger partial charge is 0.494 e. The van der Waals surface area contributed by atoms with Crippen LogP contribution < -0.4 is 43.0 Å². The Bertz CT molecular complexity index is 4020. The minimum Gasteiger partial charge on any atom is -0.494 e. The number of nitrogens with one attached hydrogen (secondary N) is 1. The summed E-state index contributed by atoms with van der Waals surface area (Å²) in [6, 6.07) is 28.7. The van der Waals surface area contributed by atoms with Crippen LogP contribution in [0.4, 0.5) is 43.9 Å². The lowest BCUT2D eigenvalue weighted by Crippen LogP contribution is -2.45. The number of benzene rings is 6. The molecule has 2 heterocycles. The summed E-state index contributed by atoms with van der Waals surface area (Å²) in [5, 5.41) is 3.23. The molecule has 0 bridgehead atoms. The molecular formula is C64H63F10I3N6O8. The molecule has 0 saturated carbocycles. The molecule has 0 unspecified atom stereocenters. The lowest BCUT2D eigenvalue weighted by Gasteiger charge is -2.24. The third kappa shape index (κ3) is 18.7. The van der Waals surface area contributed by atoms with Crippen LogP contribution in [0.5, 0.6) is 11.5 Å². The number of nitrogens with zero attached hydrogens (tertiary/aromatic N) is 4. The minimum absolute atomic E-state index is 0.114. The van der Waals surface area contributed by atoms with Crippen molar-refractivity contribution in [3.63, 3.8) is 0 Å². The number of ether oxygens (including phenoxy) is 3. The van der Waals surface area contributed by atoms with E-state index in [9.17, 15) is 54.7 Å². The van der Waals surface area contributed by atoms with Gasteiger partial charge < -0.3 is 25.3 Å². The van der Waals surface area contributed by atoms with Crippen molar-refractivity contribution in [2.24, 2.45) is 5.73 Å². The van der Waals surface area contributed by atoms with Gasteiger partial charge in [0, 0.05) is 46.1 Å². The number of hydrogen-bond acceptors (Lipinski definition) is 10. The predicted octanol–water partition coefficient (Wildman–Crippen LogP) is 13.9. The Kier molecular flexibility index (Phi) is 28.6. The predicted molar refractivity (Wildman–Crippen MR) is 354 cm³/mol. The minimum atomic E-state index is -4.95.